The van der Waals surface area contributed by atoms with Crippen LogP contribution in [0.25, 0.3) is 0 Å². The molecule has 0 spiro atoms. The summed E-state index contributed by atoms with van der Waals surface area (Å²) in [5.41, 5.74) is 1.42. The standard InChI is InChI=1S/C18H23N3O4/c1-19-18(24)21-14-4-8-16(9-5-14)25-11-10-20-12-17(23)13-2-6-15(22)7-3-13/h2-9,17,20,22-23H,10-12H2,1H3,(H2,19,21,24). The smallest absolute Gasteiger partial charge is 0.318 e. The Morgan fingerprint density at radius 3 is 2.44 bits per heavy atom. The topological polar surface area (TPSA) is 103 Å². The molecule has 1 unspecified atom stereocenters. The molecule has 0 saturated heterocycles. The molecule has 134 valence electrons. The zero-order valence-electron chi connectivity index (χ0n) is 14.0. The van der Waals surface area contributed by atoms with Gasteiger partial charge >= 0.3 is 6.03 Å². The van der Waals surface area contributed by atoms with Crippen molar-refractivity contribution in [3.8, 4) is 11.5 Å². The summed E-state index contributed by atoms with van der Waals surface area (Å²) in [5, 5.41) is 27.5. The third-order valence-corrected chi connectivity index (χ3v) is 3.50. The Morgan fingerprint density at radius 2 is 1.80 bits per heavy atom. The molecular formula is C18H23N3O4. The molecule has 0 aliphatic heterocycles. The summed E-state index contributed by atoms with van der Waals surface area (Å²) in [6.45, 7) is 1.42. The molecule has 0 aliphatic rings. The van der Waals surface area contributed by atoms with Gasteiger partial charge in [-0.05, 0) is 42.0 Å². The Kier molecular flexibility index (Phi) is 7.06. The van der Waals surface area contributed by atoms with Crippen LogP contribution in [0.3, 0.4) is 0 Å². The molecule has 0 heterocycles. The first kappa shape index (κ1) is 18.6. The van der Waals surface area contributed by atoms with Crippen molar-refractivity contribution >= 4 is 11.7 Å². The number of urea groups is 1. The minimum absolute atomic E-state index is 0.175. The van der Waals surface area contributed by atoms with Crippen molar-refractivity contribution in [3.05, 3.63) is 54.1 Å². The summed E-state index contributed by atoms with van der Waals surface area (Å²) in [5.74, 6) is 0.872. The van der Waals surface area contributed by atoms with Gasteiger partial charge in [-0.1, -0.05) is 12.1 Å². The number of aromatic hydroxyl groups is 1. The lowest BCUT2D eigenvalue weighted by Crippen LogP contribution is -2.26. The maximum atomic E-state index is 11.2. The number of rotatable bonds is 8. The van der Waals surface area contributed by atoms with Crippen LogP contribution in [0.2, 0.25) is 0 Å². The highest BCUT2D eigenvalue weighted by molar-refractivity contribution is 5.88. The lowest BCUT2D eigenvalue weighted by molar-refractivity contribution is 0.172. The molecule has 7 nitrogen and oxygen atoms in total. The van der Waals surface area contributed by atoms with E-state index >= 15 is 0 Å². The number of anilines is 1. The maximum absolute atomic E-state index is 11.2. The van der Waals surface area contributed by atoms with Gasteiger partial charge in [0.1, 0.15) is 18.1 Å². The van der Waals surface area contributed by atoms with Crippen LogP contribution < -0.4 is 20.7 Å². The van der Waals surface area contributed by atoms with Crippen LogP contribution in [0.5, 0.6) is 11.5 Å². The average Bonchev–Trinajstić information content (AvgIpc) is 2.63. The molecule has 1 atom stereocenters. The highest BCUT2D eigenvalue weighted by Gasteiger charge is 2.06. The normalized spacial score (nSPS) is 11.6. The zero-order chi connectivity index (χ0) is 18.1. The van der Waals surface area contributed by atoms with Crippen molar-refractivity contribution in [2.24, 2.45) is 0 Å². The van der Waals surface area contributed by atoms with Gasteiger partial charge in [-0.3, -0.25) is 0 Å². The number of carbonyl (C=O) groups is 1. The van der Waals surface area contributed by atoms with Gasteiger partial charge in [0.15, 0.2) is 0 Å². The molecule has 2 amide bonds. The predicted octanol–water partition coefficient (Wildman–Crippen LogP) is 1.85. The number of hydrogen-bond acceptors (Lipinski definition) is 5. The van der Waals surface area contributed by atoms with Gasteiger partial charge in [0.05, 0.1) is 6.10 Å². The number of aliphatic hydroxyl groups is 1. The number of ether oxygens (including phenoxy) is 1. The van der Waals surface area contributed by atoms with Crippen LogP contribution in [0.1, 0.15) is 11.7 Å². The van der Waals surface area contributed by atoms with Crippen molar-refractivity contribution < 1.29 is 19.7 Å². The quantitative estimate of drug-likeness (QED) is 0.470. The Morgan fingerprint density at radius 1 is 1.12 bits per heavy atom. The molecule has 0 saturated carbocycles. The van der Waals surface area contributed by atoms with Crippen molar-refractivity contribution in [2.75, 3.05) is 32.1 Å². The number of aliphatic hydroxyl groups excluding tert-OH is 1. The fourth-order valence-corrected chi connectivity index (χ4v) is 2.12. The van der Waals surface area contributed by atoms with E-state index in [1.54, 1.807) is 55.6 Å². The first-order chi connectivity index (χ1) is 12.1. The summed E-state index contributed by atoms with van der Waals surface area (Å²) >= 11 is 0. The van der Waals surface area contributed by atoms with Gasteiger partial charge in [0.2, 0.25) is 0 Å². The lowest BCUT2D eigenvalue weighted by Gasteiger charge is -2.13. The van der Waals surface area contributed by atoms with E-state index in [1.165, 1.54) is 0 Å². The first-order valence-corrected chi connectivity index (χ1v) is 7.98. The Bertz CT molecular complexity index is 659. The van der Waals surface area contributed by atoms with Crippen LogP contribution in [-0.4, -0.2) is 43.0 Å². The van der Waals surface area contributed by atoms with E-state index in [2.05, 4.69) is 16.0 Å². The molecule has 0 aliphatic carbocycles. The highest BCUT2D eigenvalue weighted by atomic mass is 16.5. The van der Waals surface area contributed by atoms with Crippen LogP contribution >= 0.6 is 0 Å². The second-order valence-electron chi connectivity index (χ2n) is 5.39. The molecule has 0 bridgehead atoms. The predicted molar refractivity (Wildman–Crippen MR) is 96.0 cm³/mol. The summed E-state index contributed by atoms with van der Waals surface area (Å²) in [7, 11) is 1.55. The van der Waals surface area contributed by atoms with Gasteiger partial charge in [-0.2, -0.15) is 0 Å². The molecule has 0 fully saturated rings. The molecular weight excluding hydrogens is 322 g/mol. The molecule has 0 radical (unpaired) electrons. The third kappa shape index (κ3) is 6.33. The van der Waals surface area contributed by atoms with Crippen LogP contribution in [0.15, 0.2) is 48.5 Å². The fourth-order valence-electron chi connectivity index (χ4n) is 2.12. The highest BCUT2D eigenvalue weighted by Crippen LogP contribution is 2.16. The molecule has 2 aromatic rings. The maximum Gasteiger partial charge on any atom is 0.318 e. The van der Waals surface area contributed by atoms with Crippen LogP contribution in [-0.2, 0) is 0 Å². The summed E-state index contributed by atoms with van der Waals surface area (Å²) in [6.07, 6.45) is -0.643. The molecule has 25 heavy (non-hydrogen) atoms. The number of phenols is 1. The summed E-state index contributed by atoms with van der Waals surface area (Å²) < 4.78 is 5.59. The molecule has 7 heteroatoms. The van der Waals surface area contributed by atoms with E-state index in [-0.39, 0.29) is 11.8 Å². The van der Waals surface area contributed by atoms with E-state index in [4.69, 9.17) is 4.74 Å². The Hall–Kier alpha value is -2.77. The monoisotopic (exact) mass is 345 g/mol. The van der Waals surface area contributed by atoms with Gasteiger partial charge in [0, 0.05) is 25.8 Å². The molecule has 0 aromatic heterocycles. The molecule has 5 N–H and O–H groups in total. The van der Waals surface area contributed by atoms with Gasteiger partial charge in [-0.25, -0.2) is 4.79 Å². The van der Waals surface area contributed by atoms with E-state index in [0.717, 1.165) is 5.56 Å². The van der Waals surface area contributed by atoms with E-state index < -0.39 is 6.10 Å². The second-order valence-corrected chi connectivity index (χ2v) is 5.39. The number of nitrogens with one attached hydrogen (secondary N) is 3. The number of phenolic OH excluding ortho intramolecular Hbond substituents is 1. The zero-order valence-corrected chi connectivity index (χ0v) is 14.0. The summed E-state index contributed by atoms with van der Waals surface area (Å²) in [4.78, 5) is 11.2. The first-order valence-electron chi connectivity index (χ1n) is 7.98. The Labute approximate surface area is 146 Å². The fraction of sp³-hybridized carbons (Fsp3) is 0.278. The van der Waals surface area contributed by atoms with E-state index in [9.17, 15) is 15.0 Å². The van der Waals surface area contributed by atoms with E-state index in [1.807, 2.05) is 0 Å². The Balaban J connectivity index is 1.65. The number of carbonyl (C=O) groups excluding carboxylic acids is 1. The van der Waals surface area contributed by atoms with E-state index in [0.29, 0.717) is 31.1 Å². The third-order valence-electron chi connectivity index (χ3n) is 3.50. The van der Waals surface area contributed by atoms with Gasteiger partial charge in [-0.15, -0.1) is 0 Å². The minimum Gasteiger partial charge on any atom is -0.508 e. The number of amides is 2. The summed E-state index contributed by atoms with van der Waals surface area (Å²) in [6, 6.07) is 13.3. The minimum atomic E-state index is -0.643. The molecule has 2 rings (SSSR count). The van der Waals surface area contributed by atoms with Crippen molar-refractivity contribution in [1.82, 2.24) is 10.6 Å². The second kappa shape index (κ2) is 9.51. The van der Waals surface area contributed by atoms with Gasteiger partial charge < -0.3 is 30.9 Å². The lowest BCUT2D eigenvalue weighted by atomic mass is 10.1. The van der Waals surface area contributed by atoms with Crippen molar-refractivity contribution in [3.63, 3.8) is 0 Å². The van der Waals surface area contributed by atoms with Crippen molar-refractivity contribution in [1.29, 1.82) is 0 Å². The van der Waals surface area contributed by atoms with Crippen molar-refractivity contribution in [2.45, 2.75) is 6.10 Å². The number of hydrogen-bond donors (Lipinski definition) is 5. The van der Waals surface area contributed by atoms with Crippen LogP contribution in [0, 0.1) is 0 Å². The SMILES string of the molecule is CNC(=O)Nc1ccc(OCCNCC(O)c2ccc(O)cc2)cc1. The average molecular weight is 345 g/mol. The molecule has 2 aromatic carbocycles. The van der Waals surface area contributed by atoms with Crippen LogP contribution in [0.4, 0.5) is 10.5 Å². The largest absolute Gasteiger partial charge is 0.508 e. The number of benzene rings is 2. The van der Waals surface area contributed by atoms with Gasteiger partial charge in [0.25, 0.3) is 0 Å².